The quantitative estimate of drug-likeness (QED) is 0.599. The van der Waals surface area contributed by atoms with E-state index < -0.39 is 11.2 Å². The van der Waals surface area contributed by atoms with Crippen LogP contribution in [0.4, 0.5) is 0 Å². The molecule has 2 aliphatic carbocycles. The molecule has 0 aromatic heterocycles. The van der Waals surface area contributed by atoms with E-state index in [1.54, 1.807) is 0 Å². The Hall–Kier alpha value is -1.97. The summed E-state index contributed by atoms with van der Waals surface area (Å²) in [6.45, 7) is 4.25. The smallest absolute Gasteiger partial charge is 0.196 e. The van der Waals surface area contributed by atoms with Crippen molar-refractivity contribution in [2.45, 2.75) is 101 Å². The predicted molar refractivity (Wildman–Crippen MR) is 129 cm³/mol. The molecule has 0 heterocycles. The van der Waals surface area contributed by atoms with Gasteiger partial charge in [-0.2, -0.15) is 0 Å². The van der Waals surface area contributed by atoms with Crippen molar-refractivity contribution in [1.29, 1.82) is 0 Å². The van der Waals surface area contributed by atoms with E-state index >= 15 is 0 Å². The number of aliphatic hydroxyl groups is 2. The SMILES string of the molecule is CCc1ccc(C2CCCCC2(O)C(=O)C2(O)CCCCC2c2ccc(CC)cc2)cc1. The van der Waals surface area contributed by atoms with Gasteiger partial charge >= 0.3 is 0 Å². The zero-order valence-electron chi connectivity index (χ0n) is 19.6. The van der Waals surface area contributed by atoms with Crippen LogP contribution in [0.15, 0.2) is 48.5 Å². The number of hydrogen-bond donors (Lipinski definition) is 2. The second-order valence-corrected chi connectivity index (χ2v) is 9.96. The maximum absolute atomic E-state index is 14.1. The van der Waals surface area contributed by atoms with Gasteiger partial charge in [0.05, 0.1) is 0 Å². The molecule has 172 valence electrons. The van der Waals surface area contributed by atoms with Crippen molar-refractivity contribution in [2.24, 2.45) is 0 Å². The lowest BCUT2D eigenvalue weighted by molar-refractivity contribution is -0.168. The molecule has 0 radical (unpaired) electrons. The molecule has 2 aromatic carbocycles. The molecule has 3 nitrogen and oxygen atoms in total. The van der Waals surface area contributed by atoms with E-state index in [2.05, 4.69) is 62.4 Å². The first kappa shape index (κ1) is 23.2. The van der Waals surface area contributed by atoms with Crippen LogP contribution in [0.1, 0.15) is 99.3 Å². The van der Waals surface area contributed by atoms with Gasteiger partial charge in [-0.15, -0.1) is 0 Å². The van der Waals surface area contributed by atoms with E-state index in [1.807, 2.05) is 0 Å². The minimum atomic E-state index is -1.51. The number of carbonyl (C=O) groups excluding carboxylic acids is 1. The largest absolute Gasteiger partial charge is 0.381 e. The number of carbonyl (C=O) groups is 1. The monoisotopic (exact) mass is 434 g/mol. The van der Waals surface area contributed by atoms with Crippen LogP contribution in [0, 0.1) is 0 Å². The van der Waals surface area contributed by atoms with Crippen LogP contribution in [0.3, 0.4) is 0 Å². The first-order valence-corrected chi connectivity index (χ1v) is 12.6. The van der Waals surface area contributed by atoms with Crippen LogP contribution in [0.5, 0.6) is 0 Å². The zero-order valence-corrected chi connectivity index (χ0v) is 19.6. The van der Waals surface area contributed by atoms with E-state index in [0.717, 1.165) is 62.5 Å². The first-order valence-electron chi connectivity index (χ1n) is 12.6. The summed E-state index contributed by atoms with van der Waals surface area (Å²) in [7, 11) is 0. The third-order valence-corrected chi connectivity index (χ3v) is 8.12. The molecule has 4 unspecified atom stereocenters. The molecule has 32 heavy (non-hydrogen) atoms. The highest BCUT2D eigenvalue weighted by molar-refractivity contribution is 5.96. The van der Waals surface area contributed by atoms with E-state index in [4.69, 9.17) is 0 Å². The highest BCUT2D eigenvalue weighted by Crippen LogP contribution is 2.49. The average molecular weight is 435 g/mol. The van der Waals surface area contributed by atoms with Gasteiger partial charge in [0.1, 0.15) is 11.2 Å². The summed E-state index contributed by atoms with van der Waals surface area (Å²) < 4.78 is 0. The summed E-state index contributed by atoms with van der Waals surface area (Å²) in [6, 6.07) is 16.7. The molecule has 2 fully saturated rings. The number of Topliss-reactive ketones (excluding diaryl/α,β-unsaturated/α-hetero) is 1. The van der Waals surface area contributed by atoms with E-state index in [-0.39, 0.29) is 17.6 Å². The van der Waals surface area contributed by atoms with E-state index in [1.165, 1.54) is 11.1 Å². The number of ketones is 1. The van der Waals surface area contributed by atoms with Crippen molar-refractivity contribution < 1.29 is 15.0 Å². The molecule has 4 rings (SSSR count). The molecule has 2 aliphatic rings. The van der Waals surface area contributed by atoms with Crippen molar-refractivity contribution in [3.05, 3.63) is 70.8 Å². The summed E-state index contributed by atoms with van der Waals surface area (Å²) in [5.74, 6) is -0.869. The Morgan fingerprint density at radius 1 is 0.719 bits per heavy atom. The average Bonchev–Trinajstić information content (AvgIpc) is 2.84. The predicted octanol–water partition coefficient (Wildman–Crippen LogP) is 5.86. The van der Waals surface area contributed by atoms with Crippen molar-refractivity contribution in [1.82, 2.24) is 0 Å². The Bertz CT molecular complexity index is 841. The maximum Gasteiger partial charge on any atom is 0.196 e. The Morgan fingerprint density at radius 2 is 1.09 bits per heavy atom. The van der Waals surface area contributed by atoms with Crippen LogP contribution < -0.4 is 0 Å². The molecule has 2 aromatic rings. The zero-order chi connectivity index (χ0) is 22.8. The molecule has 2 saturated carbocycles. The standard InChI is InChI=1S/C29H38O3/c1-3-21-11-15-23(16-12-21)25-9-5-7-19-28(25,31)27(30)29(32)20-8-6-10-26(29)24-17-13-22(4-2)14-18-24/h11-18,25-26,31-32H,3-10,19-20H2,1-2H3. The Labute approximate surface area is 192 Å². The summed E-state index contributed by atoms with van der Waals surface area (Å²) in [5.41, 5.74) is 1.50. The number of hydrogen-bond acceptors (Lipinski definition) is 3. The van der Waals surface area contributed by atoms with Crippen molar-refractivity contribution in [3.63, 3.8) is 0 Å². The normalized spacial score (nSPS) is 30.8. The van der Waals surface area contributed by atoms with Gasteiger partial charge in [0.15, 0.2) is 5.78 Å². The van der Waals surface area contributed by atoms with E-state index in [9.17, 15) is 15.0 Å². The lowest BCUT2D eigenvalue weighted by Gasteiger charge is -2.47. The summed E-state index contributed by atoms with van der Waals surface area (Å²) in [5, 5.41) is 23.9. The minimum Gasteiger partial charge on any atom is -0.381 e. The number of rotatable bonds is 6. The van der Waals surface area contributed by atoms with Gasteiger partial charge in [-0.05, 0) is 60.8 Å². The van der Waals surface area contributed by atoms with Gasteiger partial charge in [0.25, 0.3) is 0 Å². The molecule has 2 N–H and O–H groups in total. The minimum absolute atomic E-state index is 0.260. The second-order valence-electron chi connectivity index (χ2n) is 9.96. The first-order chi connectivity index (χ1) is 15.4. The van der Waals surface area contributed by atoms with Crippen LogP contribution in [-0.2, 0) is 17.6 Å². The third kappa shape index (κ3) is 4.18. The Balaban J connectivity index is 1.68. The Morgan fingerprint density at radius 3 is 1.44 bits per heavy atom. The second kappa shape index (κ2) is 9.49. The topological polar surface area (TPSA) is 57.5 Å². The van der Waals surface area contributed by atoms with E-state index in [0.29, 0.717) is 12.8 Å². The lowest BCUT2D eigenvalue weighted by Crippen LogP contribution is -2.60. The third-order valence-electron chi connectivity index (χ3n) is 8.12. The van der Waals surface area contributed by atoms with Crippen LogP contribution in [0.2, 0.25) is 0 Å². The molecule has 0 aliphatic heterocycles. The van der Waals surface area contributed by atoms with Crippen LogP contribution in [0.25, 0.3) is 0 Å². The molecule has 0 saturated heterocycles. The van der Waals surface area contributed by atoms with Gasteiger partial charge in [0.2, 0.25) is 0 Å². The fourth-order valence-corrected chi connectivity index (χ4v) is 6.09. The summed E-state index contributed by atoms with van der Waals surface area (Å²) >= 11 is 0. The van der Waals surface area contributed by atoms with Gasteiger partial charge in [-0.3, -0.25) is 4.79 Å². The number of aryl methyl sites for hydroxylation is 2. The Kier molecular flexibility index (Phi) is 6.88. The van der Waals surface area contributed by atoms with Gasteiger partial charge in [-0.1, -0.05) is 88.1 Å². The number of benzene rings is 2. The molecule has 0 bridgehead atoms. The maximum atomic E-state index is 14.1. The highest BCUT2D eigenvalue weighted by Gasteiger charge is 2.57. The fraction of sp³-hybridized carbons (Fsp3) is 0.552. The molecular formula is C29H38O3. The lowest BCUT2D eigenvalue weighted by atomic mass is 9.61. The van der Waals surface area contributed by atoms with Gasteiger partial charge < -0.3 is 10.2 Å². The van der Waals surface area contributed by atoms with Crippen LogP contribution >= 0.6 is 0 Å². The van der Waals surface area contributed by atoms with Gasteiger partial charge in [-0.25, -0.2) is 0 Å². The van der Waals surface area contributed by atoms with Crippen molar-refractivity contribution in [3.8, 4) is 0 Å². The summed E-state index contributed by atoms with van der Waals surface area (Å²) in [4.78, 5) is 14.1. The molecule has 4 atom stereocenters. The summed E-state index contributed by atoms with van der Waals surface area (Å²) in [6.07, 6.45) is 7.96. The van der Waals surface area contributed by atoms with Crippen LogP contribution in [-0.4, -0.2) is 27.2 Å². The molecule has 0 amide bonds. The fourth-order valence-electron chi connectivity index (χ4n) is 6.09. The van der Waals surface area contributed by atoms with Gasteiger partial charge in [0, 0.05) is 11.8 Å². The van der Waals surface area contributed by atoms with Crippen molar-refractivity contribution in [2.75, 3.05) is 0 Å². The van der Waals surface area contributed by atoms with Crippen molar-refractivity contribution >= 4 is 5.78 Å². The molecule has 0 spiro atoms. The molecular weight excluding hydrogens is 396 g/mol. The highest BCUT2D eigenvalue weighted by atomic mass is 16.3. The molecule has 3 heteroatoms.